The monoisotopic (exact) mass is 740 g/mol. The second kappa shape index (κ2) is 12.6. The van der Waals surface area contributed by atoms with Gasteiger partial charge in [-0.15, -0.1) is 0 Å². The van der Waals surface area contributed by atoms with E-state index < -0.39 is 5.41 Å². The third-order valence-corrected chi connectivity index (χ3v) is 11.8. The minimum atomic E-state index is -0.701. The molecule has 270 valence electrons. The zero-order valence-corrected chi connectivity index (χ0v) is 31.2. The van der Waals surface area contributed by atoms with Crippen molar-refractivity contribution < 1.29 is 4.74 Å². The molecule has 1 aliphatic heterocycles. The Labute approximate surface area is 335 Å². The number of hydrogen-bond donors (Lipinski definition) is 0. The molecule has 58 heavy (non-hydrogen) atoms. The van der Waals surface area contributed by atoms with E-state index in [0.29, 0.717) is 17.5 Å². The number of fused-ring (bicyclic) bond motifs is 11. The maximum absolute atomic E-state index is 6.70. The topological polar surface area (TPSA) is 60.8 Å². The first-order chi connectivity index (χ1) is 28.7. The average Bonchev–Trinajstić information content (AvgIpc) is 3.58. The van der Waals surface area contributed by atoms with Gasteiger partial charge >= 0.3 is 0 Å². The quantitative estimate of drug-likeness (QED) is 0.180. The third kappa shape index (κ3) is 4.77. The summed E-state index contributed by atoms with van der Waals surface area (Å²) in [7, 11) is 0. The number of hydrogen-bond acceptors (Lipinski definition) is 5. The van der Waals surface area contributed by atoms with Crippen molar-refractivity contribution in [3.63, 3.8) is 0 Å². The van der Waals surface area contributed by atoms with Gasteiger partial charge in [-0.3, -0.25) is 4.98 Å². The Morgan fingerprint density at radius 2 is 0.931 bits per heavy atom. The highest BCUT2D eigenvalue weighted by Crippen LogP contribution is 2.62. The standard InChI is InChI=1S/C53H32N4O/c1-2-14-35(15-3-1)50-55-51(57-52(56-50)42-21-10-16-33-13-4-5-19-38(33)42)37-27-29-41-40-28-26-36(39-20-11-17-34-18-12-30-54-49(34)39)31-45(40)53(46(41)32-37)43-22-6-8-24-47(43)58-48-25-9-7-23-44(48)53/h1-32H. The molecule has 0 fully saturated rings. The van der Waals surface area contributed by atoms with Crippen LogP contribution in [0.3, 0.4) is 0 Å². The summed E-state index contributed by atoms with van der Waals surface area (Å²) < 4.78 is 6.70. The van der Waals surface area contributed by atoms with E-state index >= 15 is 0 Å². The van der Waals surface area contributed by atoms with E-state index in [4.69, 9.17) is 24.7 Å². The molecule has 1 spiro atoms. The molecule has 0 amide bonds. The maximum Gasteiger partial charge on any atom is 0.164 e. The highest BCUT2D eigenvalue weighted by Gasteiger charge is 2.51. The Kier molecular flexibility index (Phi) is 7.07. The summed E-state index contributed by atoms with van der Waals surface area (Å²) in [6.45, 7) is 0. The van der Waals surface area contributed by atoms with Gasteiger partial charge in [0.2, 0.25) is 0 Å². The predicted molar refractivity (Wildman–Crippen MR) is 232 cm³/mol. The molecule has 0 saturated heterocycles. The second-order valence-electron chi connectivity index (χ2n) is 14.9. The van der Waals surface area contributed by atoms with Crippen LogP contribution in [0.5, 0.6) is 11.5 Å². The fourth-order valence-corrected chi connectivity index (χ4v) is 9.30. The van der Waals surface area contributed by atoms with E-state index in [9.17, 15) is 0 Å². The van der Waals surface area contributed by atoms with Crippen LogP contribution in [0.1, 0.15) is 22.3 Å². The van der Waals surface area contributed by atoms with E-state index in [0.717, 1.165) is 77.7 Å². The van der Waals surface area contributed by atoms with Gasteiger partial charge in [0, 0.05) is 45.0 Å². The van der Waals surface area contributed by atoms with Gasteiger partial charge in [-0.25, -0.2) is 15.0 Å². The number of nitrogens with zero attached hydrogens (tertiary/aromatic N) is 4. The van der Waals surface area contributed by atoms with Crippen LogP contribution in [0, 0.1) is 0 Å². The highest BCUT2D eigenvalue weighted by molar-refractivity contribution is 5.98. The summed E-state index contributed by atoms with van der Waals surface area (Å²) in [6.07, 6.45) is 1.87. The number of para-hydroxylation sites is 3. The number of pyridine rings is 1. The van der Waals surface area contributed by atoms with Crippen molar-refractivity contribution in [3.05, 3.63) is 217 Å². The molecule has 8 aromatic carbocycles. The molecule has 10 aromatic rings. The molecule has 12 rings (SSSR count). The number of benzene rings is 8. The SMILES string of the molecule is c1ccc(-c2nc(-c3ccc4c(c3)C3(c5ccccc5Oc5ccccc53)c3cc(-c5cccc6cccnc56)ccc3-4)nc(-c3cccc4ccccc34)n2)cc1. The largest absolute Gasteiger partial charge is 0.457 e. The van der Waals surface area contributed by atoms with Crippen LogP contribution in [0.4, 0.5) is 0 Å². The van der Waals surface area contributed by atoms with Gasteiger partial charge in [-0.1, -0.05) is 158 Å². The van der Waals surface area contributed by atoms with Crippen molar-refractivity contribution in [3.8, 4) is 67.9 Å². The van der Waals surface area contributed by atoms with Crippen molar-refractivity contribution in [2.24, 2.45) is 0 Å². The molecule has 2 aliphatic rings. The number of ether oxygens (including phenoxy) is 1. The minimum absolute atomic E-state index is 0.613. The van der Waals surface area contributed by atoms with Crippen molar-refractivity contribution >= 4 is 21.7 Å². The Morgan fingerprint density at radius 3 is 1.71 bits per heavy atom. The molecule has 5 nitrogen and oxygen atoms in total. The van der Waals surface area contributed by atoms with Crippen LogP contribution in [0.2, 0.25) is 0 Å². The van der Waals surface area contributed by atoms with Crippen molar-refractivity contribution in [2.45, 2.75) is 5.41 Å². The fraction of sp³-hybridized carbons (Fsp3) is 0.0189. The van der Waals surface area contributed by atoms with Crippen LogP contribution in [0.25, 0.3) is 78.1 Å². The van der Waals surface area contributed by atoms with Crippen molar-refractivity contribution in [1.82, 2.24) is 19.9 Å². The van der Waals surface area contributed by atoms with Crippen molar-refractivity contribution in [2.75, 3.05) is 0 Å². The summed E-state index contributed by atoms with van der Waals surface area (Å²) >= 11 is 0. The lowest BCUT2D eigenvalue weighted by molar-refractivity contribution is 0.436. The number of rotatable bonds is 4. The van der Waals surface area contributed by atoms with E-state index in [1.807, 2.05) is 30.5 Å². The Morgan fingerprint density at radius 1 is 0.362 bits per heavy atom. The van der Waals surface area contributed by atoms with Gasteiger partial charge in [-0.2, -0.15) is 0 Å². The predicted octanol–water partition coefficient (Wildman–Crippen LogP) is 12.7. The zero-order valence-electron chi connectivity index (χ0n) is 31.2. The molecule has 0 radical (unpaired) electrons. The van der Waals surface area contributed by atoms with Gasteiger partial charge in [0.15, 0.2) is 17.5 Å². The van der Waals surface area contributed by atoms with Gasteiger partial charge in [0.1, 0.15) is 11.5 Å². The van der Waals surface area contributed by atoms with Gasteiger partial charge < -0.3 is 4.74 Å². The summed E-state index contributed by atoms with van der Waals surface area (Å²) in [5, 5.41) is 3.34. The lowest BCUT2D eigenvalue weighted by Gasteiger charge is -2.39. The first-order valence-corrected chi connectivity index (χ1v) is 19.5. The van der Waals surface area contributed by atoms with E-state index in [1.54, 1.807) is 0 Å². The molecule has 0 N–H and O–H groups in total. The lowest BCUT2D eigenvalue weighted by atomic mass is 9.65. The molecular weight excluding hydrogens is 709 g/mol. The first-order valence-electron chi connectivity index (χ1n) is 19.5. The first kappa shape index (κ1) is 32.5. The molecule has 0 saturated carbocycles. The van der Waals surface area contributed by atoms with Gasteiger partial charge in [-0.05, 0) is 68.9 Å². The summed E-state index contributed by atoms with van der Waals surface area (Å²) in [5.41, 5.74) is 12.2. The molecule has 2 aromatic heterocycles. The average molecular weight is 741 g/mol. The summed E-state index contributed by atoms with van der Waals surface area (Å²) in [5.74, 6) is 3.55. The molecule has 0 unspecified atom stereocenters. The third-order valence-electron chi connectivity index (χ3n) is 11.8. The van der Waals surface area contributed by atoms with E-state index in [2.05, 4.69) is 164 Å². The molecule has 0 atom stereocenters. The fourth-order valence-electron chi connectivity index (χ4n) is 9.30. The maximum atomic E-state index is 6.70. The highest BCUT2D eigenvalue weighted by atomic mass is 16.5. The van der Waals surface area contributed by atoms with Crippen LogP contribution >= 0.6 is 0 Å². The van der Waals surface area contributed by atoms with E-state index in [1.165, 1.54) is 16.7 Å². The second-order valence-corrected chi connectivity index (χ2v) is 14.9. The molecule has 3 heterocycles. The van der Waals surface area contributed by atoms with Gasteiger partial charge in [0.25, 0.3) is 0 Å². The molecule has 5 heteroatoms. The van der Waals surface area contributed by atoms with Crippen LogP contribution in [-0.4, -0.2) is 19.9 Å². The van der Waals surface area contributed by atoms with Gasteiger partial charge in [0.05, 0.1) is 10.9 Å². The van der Waals surface area contributed by atoms with Crippen LogP contribution in [-0.2, 0) is 5.41 Å². The Hall–Kier alpha value is -7.76. The zero-order chi connectivity index (χ0) is 38.2. The summed E-state index contributed by atoms with van der Waals surface area (Å²) in [4.78, 5) is 20.4. The van der Waals surface area contributed by atoms with Crippen molar-refractivity contribution in [1.29, 1.82) is 0 Å². The Balaban J connectivity index is 1.13. The molecule has 1 aliphatic carbocycles. The summed E-state index contributed by atoms with van der Waals surface area (Å²) in [6, 6.07) is 66.0. The Bertz CT molecular complexity index is 3230. The minimum Gasteiger partial charge on any atom is -0.457 e. The normalized spacial score (nSPS) is 13.1. The molecule has 0 bridgehead atoms. The van der Waals surface area contributed by atoms with Crippen LogP contribution < -0.4 is 4.74 Å². The molecular formula is C53H32N4O. The van der Waals surface area contributed by atoms with E-state index in [-0.39, 0.29) is 0 Å². The number of aromatic nitrogens is 4. The van der Waals surface area contributed by atoms with Crippen LogP contribution in [0.15, 0.2) is 194 Å². The lowest BCUT2D eigenvalue weighted by Crippen LogP contribution is -2.32. The smallest absolute Gasteiger partial charge is 0.164 e.